The van der Waals surface area contributed by atoms with Crippen molar-refractivity contribution in [2.24, 2.45) is 0 Å². The first kappa shape index (κ1) is 36.5. The molecule has 14 heteroatoms. The highest BCUT2D eigenvalue weighted by Gasteiger charge is 2.27. The second-order valence-electron chi connectivity index (χ2n) is 5.20. The molecule has 0 fully saturated rings. The van der Waals surface area contributed by atoms with Crippen molar-refractivity contribution < 1.29 is 33.4 Å². The van der Waals surface area contributed by atoms with Gasteiger partial charge in [0.2, 0.25) is 0 Å². The third-order valence-corrected chi connectivity index (χ3v) is 4.83. The molecular formula is C13H36BO7P6. The number of aliphatic hydroxyl groups is 3. The highest BCUT2D eigenvalue weighted by Crippen LogP contribution is 2.26. The molecule has 0 rings (SSSR count). The normalized spacial score (nSPS) is 15.4. The maximum absolute atomic E-state index is 9.89. The van der Waals surface area contributed by atoms with Gasteiger partial charge >= 0.3 is 0 Å². The van der Waals surface area contributed by atoms with Crippen LogP contribution in [-0.2, 0) is 18.1 Å². The topological polar surface area (TPSA) is 97.6 Å². The van der Waals surface area contributed by atoms with Crippen LogP contribution in [0.15, 0.2) is 12.7 Å². The smallest absolute Gasteiger partial charge is 0.115 e. The molecule has 0 aliphatic heterocycles. The Labute approximate surface area is 179 Å². The molecule has 0 spiro atoms. The summed E-state index contributed by atoms with van der Waals surface area (Å²) < 4.78 is 19.8. The van der Waals surface area contributed by atoms with Crippen LogP contribution in [-0.4, -0.2) is 68.0 Å². The predicted molar refractivity (Wildman–Crippen MR) is 133 cm³/mol. The van der Waals surface area contributed by atoms with Crippen LogP contribution in [0.2, 0.25) is 0 Å². The van der Waals surface area contributed by atoms with Crippen molar-refractivity contribution in [1.82, 2.24) is 0 Å². The van der Waals surface area contributed by atoms with E-state index in [2.05, 4.69) is 43.4 Å². The standard InChI is InChI=1S/C6H17O4P3.C6H15O3P3.CH4.B/c7-3-1-2-6(8,4-9-11)5-10-13-12;1-2-3-6(7,4-8-10)5-9-12-11;;/h7-8,13H,1-5,11-12H2;2,7,12H,1,3-5,10-11H2;1H4;. The van der Waals surface area contributed by atoms with Crippen molar-refractivity contribution in [2.45, 2.75) is 37.9 Å². The zero-order valence-corrected chi connectivity index (χ0v) is 21.4. The largest absolute Gasteiger partial charge is 0.396 e. The maximum atomic E-state index is 9.89. The van der Waals surface area contributed by atoms with E-state index in [0.717, 1.165) is 0 Å². The zero-order valence-electron chi connectivity index (χ0n) is 14.8. The Morgan fingerprint density at radius 1 is 0.926 bits per heavy atom. The Kier molecular flexibility index (Phi) is 32.9. The molecule has 0 aromatic heterocycles. The highest BCUT2D eigenvalue weighted by atomic mass is 32.0. The maximum Gasteiger partial charge on any atom is 0.115 e. The Morgan fingerprint density at radius 2 is 1.37 bits per heavy atom. The number of aliphatic hydroxyl groups excluding tert-OH is 1. The van der Waals surface area contributed by atoms with Crippen LogP contribution in [0.1, 0.15) is 26.7 Å². The van der Waals surface area contributed by atoms with E-state index in [-0.39, 0.29) is 57.4 Å². The molecule has 3 N–H and O–H groups in total. The lowest BCUT2D eigenvalue weighted by atomic mass is 10.0. The predicted octanol–water partition coefficient (Wildman–Crippen LogP) is 2.45. The van der Waals surface area contributed by atoms with Crippen LogP contribution in [0.4, 0.5) is 0 Å². The molecule has 0 bridgehead atoms. The molecule has 27 heavy (non-hydrogen) atoms. The summed E-state index contributed by atoms with van der Waals surface area (Å²) in [6, 6.07) is 0. The lowest BCUT2D eigenvalue weighted by Gasteiger charge is -2.26. The average Bonchev–Trinajstić information content (AvgIpc) is 2.58. The Balaban J connectivity index is -0.000000183. The first-order valence-corrected chi connectivity index (χ1v) is 13.7. The molecule has 0 aliphatic rings. The summed E-state index contributed by atoms with van der Waals surface area (Å²) in [5.41, 5.74) is -1.92. The van der Waals surface area contributed by atoms with Crippen LogP contribution >= 0.6 is 53.8 Å². The van der Waals surface area contributed by atoms with Gasteiger partial charge in [0, 0.05) is 50.9 Å². The summed E-state index contributed by atoms with van der Waals surface area (Å²) in [7, 11) is 9.66. The fourth-order valence-corrected chi connectivity index (χ4v) is 3.51. The monoisotopic (exact) mass is 501 g/mol. The van der Waals surface area contributed by atoms with E-state index in [0.29, 0.717) is 27.8 Å². The molecule has 8 unspecified atom stereocenters. The molecule has 0 aromatic rings. The summed E-state index contributed by atoms with van der Waals surface area (Å²) in [5, 5.41) is 28.3. The fraction of sp³-hybridized carbons (Fsp3) is 0.846. The van der Waals surface area contributed by atoms with Crippen LogP contribution in [0.25, 0.3) is 0 Å². The summed E-state index contributed by atoms with van der Waals surface area (Å²) >= 11 is 0. The van der Waals surface area contributed by atoms with Crippen molar-refractivity contribution in [3.8, 4) is 0 Å². The second kappa shape index (κ2) is 24.4. The minimum Gasteiger partial charge on any atom is -0.396 e. The van der Waals surface area contributed by atoms with Gasteiger partial charge in [-0.3, -0.25) is 0 Å². The van der Waals surface area contributed by atoms with Gasteiger partial charge < -0.3 is 33.4 Å². The van der Waals surface area contributed by atoms with Crippen molar-refractivity contribution in [1.29, 1.82) is 0 Å². The first-order valence-electron chi connectivity index (χ1n) is 7.31. The minimum absolute atomic E-state index is 0. The van der Waals surface area contributed by atoms with Gasteiger partial charge in [-0.25, -0.2) is 0 Å². The highest BCUT2D eigenvalue weighted by molar-refractivity contribution is 8.00. The van der Waals surface area contributed by atoms with Crippen molar-refractivity contribution in [3.63, 3.8) is 0 Å². The zero-order chi connectivity index (χ0) is 19.6. The summed E-state index contributed by atoms with van der Waals surface area (Å²) in [5.74, 6) is 0. The average molecular weight is 501 g/mol. The molecule has 0 aromatic carbocycles. The lowest BCUT2D eigenvalue weighted by Crippen LogP contribution is -2.38. The summed E-state index contributed by atoms with van der Waals surface area (Å²) in [6.45, 7) is 4.58. The molecular weight excluding hydrogens is 465 g/mol. The minimum atomic E-state index is -0.978. The quantitative estimate of drug-likeness (QED) is 0.180. The molecule has 3 radical (unpaired) electrons. The summed E-state index contributed by atoms with van der Waals surface area (Å²) in [4.78, 5) is 0. The van der Waals surface area contributed by atoms with E-state index in [4.69, 9.17) is 23.2 Å². The fourth-order valence-electron chi connectivity index (χ4n) is 1.68. The number of hydrogen-bond acceptors (Lipinski definition) is 7. The van der Waals surface area contributed by atoms with E-state index in [9.17, 15) is 10.2 Å². The molecule has 163 valence electrons. The van der Waals surface area contributed by atoms with Crippen molar-refractivity contribution in [3.05, 3.63) is 12.7 Å². The molecule has 0 aliphatic carbocycles. The van der Waals surface area contributed by atoms with Crippen LogP contribution < -0.4 is 0 Å². The van der Waals surface area contributed by atoms with E-state index in [1.807, 2.05) is 0 Å². The van der Waals surface area contributed by atoms with Gasteiger partial charge in [0.25, 0.3) is 0 Å². The van der Waals surface area contributed by atoms with E-state index in [1.165, 1.54) is 0 Å². The second-order valence-corrected chi connectivity index (χ2v) is 8.33. The van der Waals surface area contributed by atoms with Gasteiger partial charge in [-0.2, -0.15) is 0 Å². The van der Waals surface area contributed by atoms with Gasteiger partial charge in [-0.1, -0.05) is 31.4 Å². The van der Waals surface area contributed by atoms with Crippen LogP contribution in [0.5, 0.6) is 0 Å². The van der Waals surface area contributed by atoms with E-state index >= 15 is 0 Å². The van der Waals surface area contributed by atoms with E-state index in [1.54, 1.807) is 6.08 Å². The van der Waals surface area contributed by atoms with E-state index < -0.39 is 11.2 Å². The van der Waals surface area contributed by atoms with Crippen molar-refractivity contribution in [2.75, 3.05) is 33.0 Å². The summed E-state index contributed by atoms with van der Waals surface area (Å²) in [6.07, 6.45) is 3.15. The first-order chi connectivity index (χ1) is 11.9. The van der Waals surface area contributed by atoms with Crippen molar-refractivity contribution >= 4 is 62.2 Å². The van der Waals surface area contributed by atoms with Crippen LogP contribution in [0.3, 0.4) is 0 Å². The van der Waals surface area contributed by atoms with Gasteiger partial charge in [0.05, 0.1) is 26.4 Å². The Bertz CT molecular complexity index is 315. The SMILES string of the molecule is C.C=CCC(O)(COP)COPP.OCCCC(O)(COP)COPP.[B]. The molecule has 0 amide bonds. The molecule has 8 atom stereocenters. The Hall–Kier alpha value is 2.10. The van der Waals surface area contributed by atoms with Gasteiger partial charge in [0.1, 0.15) is 11.2 Å². The third kappa shape index (κ3) is 22.6. The van der Waals surface area contributed by atoms with Crippen LogP contribution in [0, 0.1) is 0 Å². The van der Waals surface area contributed by atoms with Gasteiger partial charge in [0.15, 0.2) is 0 Å². The van der Waals surface area contributed by atoms with Gasteiger partial charge in [-0.15, -0.1) is 6.58 Å². The molecule has 0 saturated carbocycles. The molecule has 7 nitrogen and oxygen atoms in total. The Morgan fingerprint density at radius 3 is 1.74 bits per heavy atom. The molecule has 0 saturated heterocycles. The number of hydrogen-bond donors (Lipinski definition) is 3. The number of rotatable bonds is 15. The van der Waals surface area contributed by atoms with Gasteiger partial charge in [-0.05, 0) is 19.3 Å². The third-order valence-electron chi connectivity index (χ3n) is 2.88. The molecule has 0 heterocycles. The lowest BCUT2D eigenvalue weighted by molar-refractivity contribution is -0.0413.